The van der Waals surface area contributed by atoms with Crippen LogP contribution in [0, 0.1) is 0 Å². The fourth-order valence-corrected chi connectivity index (χ4v) is 17.9. The van der Waals surface area contributed by atoms with Crippen LogP contribution in [0.5, 0.6) is 0 Å². The van der Waals surface area contributed by atoms with Gasteiger partial charge in [0.15, 0.2) is 25.0 Å². The Balaban J connectivity index is 6.02. The van der Waals surface area contributed by atoms with Gasteiger partial charge in [-0.1, -0.05) is 13.5 Å². The molecule has 0 aromatic heterocycles. The van der Waals surface area contributed by atoms with Crippen molar-refractivity contribution < 1.29 is 21.9 Å². The Morgan fingerprint density at radius 3 is 1.48 bits per heavy atom. The van der Waals surface area contributed by atoms with Gasteiger partial charge in [0.1, 0.15) is 5.60 Å². The van der Waals surface area contributed by atoms with Crippen LogP contribution in [0.3, 0.4) is 0 Å². The molecule has 0 heterocycles. The normalized spacial score (nSPS) is 15.4. The Kier molecular flexibility index (Phi) is 9.17. The highest BCUT2D eigenvalue weighted by Crippen LogP contribution is 2.39. The minimum Gasteiger partial charge on any atom is -0.457 e. The van der Waals surface area contributed by atoms with Crippen LogP contribution in [0.1, 0.15) is 27.2 Å². The van der Waals surface area contributed by atoms with Crippen LogP contribution in [0.4, 0.5) is 0 Å². The summed E-state index contributed by atoms with van der Waals surface area (Å²) < 4.78 is 25.9. The monoisotopic (exact) mass is 450 g/mol. The predicted molar refractivity (Wildman–Crippen MR) is 123 cm³/mol. The third kappa shape index (κ3) is 11.5. The van der Waals surface area contributed by atoms with Crippen LogP contribution in [-0.4, -0.2) is 45.3 Å². The summed E-state index contributed by atoms with van der Waals surface area (Å²) in [7, 11) is -8.82. The summed E-state index contributed by atoms with van der Waals surface area (Å²) in [4.78, 5) is 11.7. The van der Waals surface area contributed by atoms with Gasteiger partial charge in [-0.2, -0.15) is 0 Å². The molecule has 0 N–H and O–H groups in total. The lowest BCUT2D eigenvalue weighted by molar-refractivity contribution is -0.150. The third-order valence-electron chi connectivity index (χ3n) is 3.29. The second kappa shape index (κ2) is 9.18. The van der Waals surface area contributed by atoms with Gasteiger partial charge in [-0.15, -0.1) is 0 Å². The van der Waals surface area contributed by atoms with Crippen molar-refractivity contribution >= 4 is 39.7 Å². The molecule has 0 bridgehead atoms. The lowest BCUT2D eigenvalue weighted by Crippen LogP contribution is -2.63. The Labute approximate surface area is 171 Å². The van der Waals surface area contributed by atoms with E-state index in [9.17, 15) is 4.79 Å². The largest absolute Gasteiger partial charge is 0.472 e. The van der Waals surface area contributed by atoms with E-state index in [2.05, 4.69) is 72.4 Å². The Morgan fingerprint density at radius 2 is 1.22 bits per heavy atom. The number of esters is 1. The number of hydrogen-bond acceptors (Lipinski definition) is 5. The number of ether oxygens (including phenoxy) is 1. The molecular weight excluding hydrogens is 409 g/mol. The van der Waals surface area contributed by atoms with Crippen molar-refractivity contribution in [3.05, 3.63) is 12.7 Å². The van der Waals surface area contributed by atoms with E-state index < -0.39 is 45.3 Å². The lowest BCUT2D eigenvalue weighted by Gasteiger charge is -2.47. The standard InChI is InChI=1S/C18H42O5Si4/c1-14-17(19)20-18(3,4)15-16(2)27(21-24(5,6)7,22-25(8,9)10)23-26(11,12)13/h14,16H,1,15H2,2-13H3. The predicted octanol–water partition coefficient (Wildman–Crippen LogP) is 5.77. The van der Waals surface area contributed by atoms with Crippen molar-refractivity contribution in [2.75, 3.05) is 0 Å². The Morgan fingerprint density at radius 1 is 0.889 bits per heavy atom. The molecule has 9 heteroatoms. The zero-order valence-electron chi connectivity index (χ0n) is 19.6. The molecule has 0 saturated carbocycles. The lowest BCUT2D eigenvalue weighted by atomic mass is 10.0. The van der Waals surface area contributed by atoms with Gasteiger partial charge in [0.25, 0.3) is 0 Å². The quantitative estimate of drug-likeness (QED) is 0.227. The van der Waals surface area contributed by atoms with Gasteiger partial charge in [-0.05, 0) is 79.2 Å². The molecule has 0 fully saturated rings. The first kappa shape index (κ1) is 27.0. The number of carbonyl (C=O) groups excluding carboxylic acids is 1. The topological polar surface area (TPSA) is 54.0 Å². The van der Waals surface area contributed by atoms with Gasteiger partial charge < -0.3 is 17.1 Å². The molecule has 27 heavy (non-hydrogen) atoms. The van der Waals surface area contributed by atoms with Crippen LogP contribution in [-0.2, 0) is 21.9 Å². The van der Waals surface area contributed by atoms with Crippen molar-refractivity contribution in [2.24, 2.45) is 0 Å². The summed E-state index contributed by atoms with van der Waals surface area (Å²) in [5.74, 6) is -0.414. The first-order chi connectivity index (χ1) is 11.7. The molecule has 0 aliphatic carbocycles. The first-order valence-electron chi connectivity index (χ1n) is 9.66. The van der Waals surface area contributed by atoms with Crippen LogP contribution in [0.2, 0.25) is 64.5 Å². The molecule has 0 aromatic rings. The van der Waals surface area contributed by atoms with E-state index in [0.29, 0.717) is 6.42 Å². The highest BCUT2D eigenvalue weighted by molar-refractivity contribution is 6.90. The van der Waals surface area contributed by atoms with E-state index in [1.54, 1.807) is 0 Å². The smallest absolute Gasteiger partial charge is 0.457 e. The molecule has 5 nitrogen and oxygen atoms in total. The van der Waals surface area contributed by atoms with Crippen LogP contribution < -0.4 is 0 Å². The van der Waals surface area contributed by atoms with Gasteiger partial charge in [0.2, 0.25) is 0 Å². The average molecular weight is 451 g/mol. The van der Waals surface area contributed by atoms with Crippen molar-refractivity contribution in [3.8, 4) is 0 Å². The van der Waals surface area contributed by atoms with E-state index in [-0.39, 0.29) is 5.54 Å². The highest BCUT2D eigenvalue weighted by Gasteiger charge is 2.55. The molecule has 0 aliphatic heterocycles. The van der Waals surface area contributed by atoms with Gasteiger partial charge in [-0.3, -0.25) is 0 Å². The van der Waals surface area contributed by atoms with E-state index >= 15 is 0 Å². The summed E-state index contributed by atoms with van der Waals surface area (Å²) in [5.41, 5.74) is -0.646. The molecule has 160 valence electrons. The number of carbonyl (C=O) groups is 1. The summed E-state index contributed by atoms with van der Waals surface area (Å²) >= 11 is 0. The average Bonchev–Trinajstić information content (AvgIpc) is 2.30. The van der Waals surface area contributed by atoms with E-state index in [4.69, 9.17) is 17.1 Å². The first-order valence-corrected chi connectivity index (χ1v) is 21.7. The molecule has 0 aliphatic rings. The van der Waals surface area contributed by atoms with Crippen molar-refractivity contribution in [1.82, 2.24) is 0 Å². The fourth-order valence-electron chi connectivity index (χ4n) is 2.86. The maximum absolute atomic E-state index is 11.7. The second-order valence-corrected chi connectivity index (χ2v) is 28.1. The Hall–Kier alpha value is -0.0425. The minimum atomic E-state index is -3.01. The molecule has 0 aromatic carbocycles. The van der Waals surface area contributed by atoms with Gasteiger partial charge in [0, 0.05) is 11.6 Å². The number of rotatable bonds is 11. The molecule has 1 unspecified atom stereocenters. The van der Waals surface area contributed by atoms with Crippen LogP contribution in [0.25, 0.3) is 0 Å². The zero-order chi connectivity index (χ0) is 21.9. The van der Waals surface area contributed by atoms with Crippen molar-refractivity contribution in [1.29, 1.82) is 0 Å². The molecule has 0 radical (unpaired) electrons. The maximum atomic E-state index is 11.7. The van der Waals surface area contributed by atoms with E-state index in [1.807, 2.05) is 13.8 Å². The van der Waals surface area contributed by atoms with Gasteiger partial charge in [-0.25, -0.2) is 4.79 Å². The zero-order valence-corrected chi connectivity index (χ0v) is 23.6. The van der Waals surface area contributed by atoms with E-state index in [0.717, 1.165) is 0 Å². The fraction of sp³-hybridized carbons (Fsp3) is 0.833. The summed E-state index contributed by atoms with van der Waals surface area (Å²) in [6, 6.07) is 0. The second-order valence-electron chi connectivity index (χ2n) is 10.7. The van der Waals surface area contributed by atoms with Crippen molar-refractivity contribution in [3.63, 3.8) is 0 Å². The minimum absolute atomic E-state index is 0.00953. The highest BCUT2D eigenvalue weighted by atomic mass is 28.5. The summed E-state index contributed by atoms with van der Waals surface area (Å²) in [5, 5.41) is 0. The van der Waals surface area contributed by atoms with E-state index in [1.165, 1.54) is 6.08 Å². The summed E-state index contributed by atoms with van der Waals surface area (Å²) in [6.45, 7) is 29.0. The van der Waals surface area contributed by atoms with Crippen LogP contribution in [0.15, 0.2) is 12.7 Å². The molecule has 0 spiro atoms. The maximum Gasteiger partial charge on any atom is 0.472 e. The molecule has 1 atom stereocenters. The molecular formula is C18H42O5Si4. The van der Waals surface area contributed by atoms with Gasteiger partial charge >= 0.3 is 14.8 Å². The molecule has 0 saturated heterocycles. The van der Waals surface area contributed by atoms with Crippen LogP contribution >= 0.6 is 0 Å². The van der Waals surface area contributed by atoms with Gasteiger partial charge in [0.05, 0.1) is 0 Å². The molecule has 0 amide bonds. The third-order valence-corrected chi connectivity index (χ3v) is 15.5. The Bertz CT molecular complexity index is 475. The summed E-state index contributed by atoms with van der Waals surface area (Å²) in [6.07, 6.45) is 1.81. The SMILES string of the molecule is C=CC(=O)OC(C)(C)CC(C)[Si](O[Si](C)(C)C)(O[Si](C)(C)C)O[Si](C)(C)C. The van der Waals surface area contributed by atoms with Crippen molar-refractivity contribution in [2.45, 2.75) is 97.3 Å². The molecule has 0 rings (SSSR count). The number of hydrogen-bond donors (Lipinski definition) is 0.